The van der Waals surface area contributed by atoms with Gasteiger partial charge in [0.25, 0.3) is 0 Å². The molecule has 0 aromatic heterocycles. The molecule has 1 aliphatic heterocycles. The Morgan fingerprint density at radius 1 is 1.53 bits per heavy atom. The van der Waals surface area contributed by atoms with Crippen molar-refractivity contribution in [2.75, 3.05) is 13.1 Å². The normalized spacial score (nSPS) is 18.3. The molecular formula is C15H19ClN2O. The summed E-state index contributed by atoms with van der Waals surface area (Å²) in [5.74, 6) is 0.136. The molecule has 19 heavy (non-hydrogen) atoms. The van der Waals surface area contributed by atoms with E-state index in [0.29, 0.717) is 18.1 Å². The first kappa shape index (κ1) is 14.1. The predicted molar refractivity (Wildman–Crippen MR) is 78.1 cm³/mol. The lowest BCUT2D eigenvalue weighted by Gasteiger charge is -2.25. The van der Waals surface area contributed by atoms with Crippen molar-refractivity contribution in [3.05, 3.63) is 47.5 Å². The van der Waals surface area contributed by atoms with Crippen molar-refractivity contribution in [2.24, 2.45) is 0 Å². The van der Waals surface area contributed by atoms with Crippen LogP contribution < -0.4 is 5.32 Å². The second kappa shape index (κ2) is 6.73. The maximum Gasteiger partial charge on any atom is 0.240 e. The van der Waals surface area contributed by atoms with E-state index in [4.69, 9.17) is 11.6 Å². The minimum absolute atomic E-state index is 0.0533. The number of hydrogen-bond acceptors (Lipinski definition) is 2. The van der Waals surface area contributed by atoms with Gasteiger partial charge in [0.2, 0.25) is 5.91 Å². The van der Waals surface area contributed by atoms with E-state index in [0.717, 1.165) is 24.9 Å². The predicted octanol–water partition coefficient (Wildman–Crippen LogP) is 2.61. The lowest BCUT2D eigenvalue weighted by molar-refractivity contribution is -0.133. The number of carbonyl (C=O) groups is 1. The molecule has 1 heterocycles. The number of hydrogen-bond donors (Lipinski definition) is 1. The van der Waals surface area contributed by atoms with Crippen LogP contribution in [-0.4, -0.2) is 29.9 Å². The Bertz CT molecular complexity index is 455. The van der Waals surface area contributed by atoms with Gasteiger partial charge in [-0.05, 0) is 31.0 Å². The van der Waals surface area contributed by atoms with E-state index in [-0.39, 0.29) is 11.9 Å². The van der Waals surface area contributed by atoms with Crippen molar-refractivity contribution in [3.63, 3.8) is 0 Å². The summed E-state index contributed by atoms with van der Waals surface area (Å²) >= 11 is 6.15. The van der Waals surface area contributed by atoms with Crippen molar-refractivity contribution in [1.29, 1.82) is 0 Å². The summed E-state index contributed by atoms with van der Waals surface area (Å²) < 4.78 is 0. The van der Waals surface area contributed by atoms with Crippen LogP contribution >= 0.6 is 11.6 Å². The van der Waals surface area contributed by atoms with Crippen LogP contribution in [0.25, 0.3) is 0 Å². The Labute approximate surface area is 119 Å². The second-order valence-electron chi connectivity index (χ2n) is 4.75. The quantitative estimate of drug-likeness (QED) is 0.840. The molecule has 1 aromatic rings. The monoisotopic (exact) mass is 278 g/mol. The van der Waals surface area contributed by atoms with Gasteiger partial charge in [-0.15, -0.1) is 6.58 Å². The van der Waals surface area contributed by atoms with E-state index in [9.17, 15) is 4.79 Å². The number of nitrogens with zero attached hydrogens (tertiary/aromatic N) is 1. The molecule has 0 aliphatic carbocycles. The van der Waals surface area contributed by atoms with Gasteiger partial charge in [0.05, 0.1) is 6.04 Å². The maximum atomic E-state index is 12.4. The van der Waals surface area contributed by atoms with Crippen LogP contribution in [0.2, 0.25) is 5.02 Å². The van der Waals surface area contributed by atoms with E-state index in [2.05, 4.69) is 11.9 Å². The number of rotatable bonds is 5. The summed E-state index contributed by atoms with van der Waals surface area (Å²) in [6.45, 7) is 5.72. The molecule has 0 unspecified atom stereocenters. The minimum atomic E-state index is -0.0533. The van der Waals surface area contributed by atoms with E-state index in [1.54, 1.807) is 11.0 Å². The molecule has 0 saturated carbocycles. The first-order valence-corrected chi connectivity index (χ1v) is 6.96. The zero-order valence-electron chi connectivity index (χ0n) is 10.9. The third-order valence-corrected chi connectivity index (χ3v) is 3.71. The molecule has 2 rings (SSSR count). The summed E-state index contributed by atoms with van der Waals surface area (Å²) in [5.41, 5.74) is 0.970. The Balaban J connectivity index is 2.09. The smallest absolute Gasteiger partial charge is 0.240 e. The third kappa shape index (κ3) is 3.58. The first-order chi connectivity index (χ1) is 9.22. The number of benzene rings is 1. The zero-order valence-corrected chi connectivity index (χ0v) is 11.7. The molecule has 1 N–H and O–H groups in total. The highest BCUT2D eigenvalue weighted by atomic mass is 35.5. The van der Waals surface area contributed by atoms with Gasteiger partial charge in [-0.2, -0.15) is 0 Å². The number of halogens is 1. The maximum absolute atomic E-state index is 12.4. The van der Waals surface area contributed by atoms with Crippen LogP contribution in [0.15, 0.2) is 36.9 Å². The van der Waals surface area contributed by atoms with Crippen molar-refractivity contribution >= 4 is 17.5 Å². The van der Waals surface area contributed by atoms with Gasteiger partial charge >= 0.3 is 0 Å². The fourth-order valence-electron chi connectivity index (χ4n) is 2.34. The number of carbonyl (C=O) groups excluding carboxylic acids is 1. The molecule has 0 radical (unpaired) electrons. The van der Waals surface area contributed by atoms with Crippen LogP contribution in [0.1, 0.15) is 18.4 Å². The summed E-state index contributed by atoms with van der Waals surface area (Å²) in [7, 11) is 0. The molecule has 0 bridgehead atoms. The van der Waals surface area contributed by atoms with Crippen LogP contribution in [0.4, 0.5) is 0 Å². The Kier molecular flexibility index (Phi) is 5.00. The molecule has 102 valence electrons. The second-order valence-corrected chi connectivity index (χ2v) is 5.15. The fourth-order valence-corrected chi connectivity index (χ4v) is 2.53. The van der Waals surface area contributed by atoms with Gasteiger partial charge in [-0.1, -0.05) is 35.9 Å². The molecule has 1 atom stereocenters. The lowest BCUT2D eigenvalue weighted by Crippen LogP contribution is -2.43. The Morgan fingerprint density at radius 3 is 2.95 bits per heavy atom. The molecular weight excluding hydrogens is 260 g/mol. The van der Waals surface area contributed by atoms with Gasteiger partial charge < -0.3 is 10.2 Å². The first-order valence-electron chi connectivity index (χ1n) is 6.59. The molecule has 1 amide bonds. The summed E-state index contributed by atoms with van der Waals surface area (Å²) in [5, 5.41) is 3.94. The van der Waals surface area contributed by atoms with Crippen molar-refractivity contribution in [1.82, 2.24) is 10.2 Å². The molecule has 4 heteroatoms. The number of amides is 1. The lowest BCUT2D eigenvalue weighted by atomic mass is 10.1. The van der Waals surface area contributed by atoms with Crippen LogP contribution in [0.3, 0.4) is 0 Å². The van der Waals surface area contributed by atoms with Crippen molar-refractivity contribution in [3.8, 4) is 0 Å². The highest BCUT2D eigenvalue weighted by Crippen LogP contribution is 2.18. The summed E-state index contributed by atoms with van der Waals surface area (Å²) in [6, 6.07) is 7.58. The van der Waals surface area contributed by atoms with Crippen LogP contribution in [0.5, 0.6) is 0 Å². The van der Waals surface area contributed by atoms with Crippen molar-refractivity contribution in [2.45, 2.75) is 25.4 Å². The van der Waals surface area contributed by atoms with E-state index in [1.807, 2.05) is 24.3 Å². The molecule has 1 saturated heterocycles. The van der Waals surface area contributed by atoms with Gasteiger partial charge in [0.15, 0.2) is 0 Å². The van der Waals surface area contributed by atoms with Gasteiger partial charge in [-0.25, -0.2) is 0 Å². The Hall–Kier alpha value is -1.32. The van der Waals surface area contributed by atoms with E-state index in [1.165, 1.54) is 0 Å². The van der Waals surface area contributed by atoms with Gasteiger partial charge in [0, 0.05) is 18.1 Å². The highest BCUT2D eigenvalue weighted by molar-refractivity contribution is 6.31. The largest absolute Gasteiger partial charge is 0.333 e. The standard InChI is InChI=1S/C15H19ClN2O/c1-2-10-18(15(19)14-8-5-9-17-14)11-12-6-3-4-7-13(12)16/h2-4,6-7,14,17H,1,5,8-11H2/t14-/m1/s1. The van der Waals surface area contributed by atoms with Gasteiger partial charge in [-0.3, -0.25) is 4.79 Å². The average Bonchev–Trinajstić information content (AvgIpc) is 2.94. The van der Waals surface area contributed by atoms with Crippen LogP contribution in [-0.2, 0) is 11.3 Å². The Morgan fingerprint density at radius 2 is 2.32 bits per heavy atom. The minimum Gasteiger partial charge on any atom is -0.333 e. The zero-order chi connectivity index (χ0) is 13.7. The van der Waals surface area contributed by atoms with Gasteiger partial charge in [0.1, 0.15) is 0 Å². The highest BCUT2D eigenvalue weighted by Gasteiger charge is 2.26. The summed E-state index contributed by atoms with van der Waals surface area (Å²) in [6.07, 6.45) is 3.73. The SMILES string of the molecule is C=CCN(Cc1ccccc1Cl)C(=O)[C@H]1CCCN1. The number of nitrogens with one attached hydrogen (secondary N) is 1. The molecule has 3 nitrogen and oxygen atoms in total. The molecule has 0 spiro atoms. The van der Waals surface area contributed by atoms with Crippen LogP contribution in [0, 0.1) is 0 Å². The molecule has 1 aliphatic rings. The molecule has 1 aromatic carbocycles. The topological polar surface area (TPSA) is 32.3 Å². The molecule has 1 fully saturated rings. The van der Waals surface area contributed by atoms with Crippen molar-refractivity contribution < 1.29 is 4.79 Å². The summed E-state index contributed by atoms with van der Waals surface area (Å²) in [4.78, 5) is 14.2. The fraction of sp³-hybridized carbons (Fsp3) is 0.400. The third-order valence-electron chi connectivity index (χ3n) is 3.34. The van der Waals surface area contributed by atoms with E-state index >= 15 is 0 Å². The van der Waals surface area contributed by atoms with E-state index < -0.39 is 0 Å². The average molecular weight is 279 g/mol.